The van der Waals surface area contributed by atoms with Crippen LogP contribution in [0.2, 0.25) is 0 Å². The van der Waals surface area contributed by atoms with Crippen LogP contribution in [-0.2, 0) is 24.0 Å². The van der Waals surface area contributed by atoms with Gasteiger partial charge in [0.1, 0.15) is 0 Å². The number of hydrogen-bond donors (Lipinski definition) is 7. The Labute approximate surface area is 137 Å². The second-order valence-corrected chi connectivity index (χ2v) is 3.34. The summed E-state index contributed by atoms with van der Waals surface area (Å²) in [5, 5.41) is 0. The smallest absolute Gasteiger partial charge is 1.00 e. The summed E-state index contributed by atoms with van der Waals surface area (Å²) in [7, 11) is -9.25. The molecule has 0 saturated carbocycles. The van der Waals surface area contributed by atoms with Crippen molar-refractivity contribution in [2.24, 2.45) is 0 Å². The average molecular weight is 350 g/mol. The molecule has 0 heterocycles. The first kappa shape index (κ1) is 36.0. The van der Waals surface area contributed by atoms with Crippen molar-refractivity contribution in [1.29, 1.82) is 0 Å². The molecular formula is H14AlCaO9PSiZn. The predicted molar refractivity (Wildman–Crippen MR) is 50.4 cm³/mol. The van der Waals surface area contributed by atoms with Crippen molar-refractivity contribution >= 4 is 72.0 Å². The minimum atomic E-state index is -4.64. The summed E-state index contributed by atoms with van der Waals surface area (Å²) < 4.78 is 8.88. The van der Waals surface area contributed by atoms with Gasteiger partial charge in [-0.25, -0.2) is 4.57 Å². The van der Waals surface area contributed by atoms with Crippen LogP contribution in [0, 0.1) is 0 Å². The minimum Gasteiger partial charge on any atom is -1.00 e. The van der Waals surface area contributed by atoms with Crippen LogP contribution in [0.3, 0.4) is 0 Å². The maximum absolute atomic E-state index is 8.88. The number of hydrogen-bond acceptors (Lipinski definition) is 5. The summed E-state index contributed by atoms with van der Waals surface area (Å²) >= 11 is 0. The van der Waals surface area contributed by atoms with Gasteiger partial charge in [0.15, 0.2) is 17.4 Å². The van der Waals surface area contributed by atoms with Gasteiger partial charge in [-0.05, 0) is 0 Å². The van der Waals surface area contributed by atoms with E-state index >= 15 is 0 Å². The van der Waals surface area contributed by atoms with E-state index in [9.17, 15) is 0 Å². The monoisotopic (exact) mass is 348 g/mol. The fourth-order valence-corrected chi connectivity index (χ4v) is 0. The van der Waals surface area contributed by atoms with Crippen LogP contribution in [0.25, 0.3) is 0 Å². The van der Waals surface area contributed by atoms with Crippen molar-refractivity contribution in [2.45, 2.75) is 0 Å². The first-order valence-corrected chi connectivity index (χ1v) is 5.03. The molecule has 0 aromatic heterocycles. The number of rotatable bonds is 0. The Morgan fingerprint density at radius 2 is 1.00 bits per heavy atom. The molecule has 84 valence electrons. The zero-order valence-electron chi connectivity index (χ0n) is 8.40. The van der Waals surface area contributed by atoms with E-state index in [2.05, 4.69) is 0 Å². The van der Waals surface area contributed by atoms with Crippen LogP contribution in [0.4, 0.5) is 0 Å². The van der Waals surface area contributed by atoms with Crippen molar-refractivity contribution in [3.05, 3.63) is 0 Å². The molecule has 9 nitrogen and oxygen atoms in total. The van der Waals surface area contributed by atoms with Gasteiger partial charge >= 0.3 is 54.6 Å². The molecule has 0 aromatic carbocycles. The molecule has 14 heteroatoms. The molecule has 0 aromatic rings. The van der Waals surface area contributed by atoms with Gasteiger partial charge in [-0.1, -0.05) is 0 Å². The SMILES string of the molecule is O.O=P(O)(O)O.O[Si](O)(O)O.[AlH3].[Ca+2].[H-].[H-].[Zn]. The van der Waals surface area contributed by atoms with Gasteiger partial charge in [-0.15, -0.1) is 0 Å². The van der Waals surface area contributed by atoms with Crippen molar-refractivity contribution < 1.29 is 66.2 Å². The molecule has 0 radical (unpaired) electrons. The summed E-state index contributed by atoms with van der Waals surface area (Å²) in [5.74, 6) is 0. The summed E-state index contributed by atoms with van der Waals surface area (Å²) in [4.78, 5) is 50.9. The van der Waals surface area contributed by atoms with Crippen molar-refractivity contribution in [3.63, 3.8) is 0 Å². The fourth-order valence-electron chi connectivity index (χ4n) is 0. The number of phosphoric acid groups is 1. The normalized spacial score (nSPS) is 8.50. The molecule has 0 unspecified atom stereocenters. The van der Waals surface area contributed by atoms with Gasteiger partial charge in [-0.2, -0.15) is 0 Å². The molecular weight excluding hydrogens is 336 g/mol. The Kier molecular flexibility index (Phi) is 39.9. The van der Waals surface area contributed by atoms with E-state index in [1.807, 2.05) is 0 Å². The van der Waals surface area contributed by atoms with E-state index in [1.165, 1.54) is 0 Å². The van der Waals surface area contributed by atoms with E-state index in [0.29, 0.717) is 0 Å². The van der Waals surface area contributed by atoms with Crippen LogP contribution in [0.1, 0.15) is 2.85 Å². The Morgan fingerprint density at radius 1 is 1.00 bits per heavy atom. The molecule has 0 bridgehead atoms. The molecule has 0 aliphatic carbocycles. The van der Waals surface area contributed by atoms with Gasteiger partial charge in [0.25, 0.3) is 0 Å². The maximum atomic E-state index is 8.88. The molecule has 0 spiro atoms. The van der Waals surface area contributed by atoms with Gasteiger partial charge < -0.3 is 42.2 Å². The average Bonchev–Trinajstić information content (AvgIpc) is 1.12. The Bertz CT molecular complexity index is 126. The van der Waals surface area contributed by atoms with E-state index in [-0.39, 0.29) is 82.9 Å². The van der Waals surface area contributed by atoms with E-state index in [4.69, 9.17) is 38.4 Å². The van der Waals surface area contributed by atoms with Crippen molar-refractivity contribution in [3.8, 4) is 0 Å². The minimum absolute atomic E-state index is 0. The standard InChI is InChI=1S/Al.Ca.H3O4P.H4O4Si.H2O.Zn.5H/c;;2*1-5(2,3)4;;;;;;;/h;;(H3,1,2,3,4);1-4H;1H2;;;;;;/q;+2;;;;;;;;2*-1. The Hall–Kier alpha value is 2.54. The molecule has 0 atom stereocenters. The molecule has 9 N–H and O–H groups in total. The third-order valence-electron chi connectivity index (χ3n) is 0. The van der Waals surface area contributed by atoms with Crippen molar-refractivity contribution in [1.82, 2.24) is 0 Å². The molecule has 0 aliphatic rings. The zero-order valence-corrected chi connectivity index (χ0v) is 13.5. The van der Waals surface area contributed by atoms with Gasteiger partial charge in [0, 0.05) is 19.5 Å². The maximum Gasteiger partial charge on any atom is 2.00 e. The van der Waals surface area contributed by atoms with Gasteiger partial charge in [-0.3, -0.25) is 0 Å². The van der Waals surface area contributed by atoms with Gasteiger partial charge in [0.2, 0.25) is 0 Å². The van der Waals surface area contributed by atoms with Crippen LogP contribution >= 0.6 is 7.82 Å². The van der Waals surface area contributed by atoms with Crippen molar-refractivity contribution in [2.75, 3.05) is 0 Å². The Balaban J connectivity index is -0.00000000970. The zero-order chi connectivity index (χ0) is 9.00. The first-order chi connectivity index (χ1) is 4.00. The van der Waals surface area contributed by atoms with Crippen LogP contribution < -0.4 is 0 Å². The molecule has 0 amide bonds. The van der Waals surface area contributed by atoms with E-state index in [1.54, 1.807) is 0 Å². The third kappa shape index (κ3) is 413. The topological polar surface area (TPSA) is 190 Å². The quantitative estimate of drug-likeness (QED) is 0.166. The molecule has 0 saturated heterocycles. The summed E-state index contributed by atoms with van der Waals surface area (Å²) in [6, 6.07) is 0. The summed E-state index contributed by atoms with van der Waals surface area (Å²) in [6.07, 6.45) is 0. The van der Waals surface area contributed by atoms with Gasteiger partial charge in [0.05, 0.1) is 0 Å². The fraction of sp³-hybridized carbons (Fsp3) is 0. The molecule has 14 heavy (non-hydrogen) atoms. The predicted octanol–water partition coefficient (Wildman–Crippen LogP) is -5.70. The molecule has 0 rings (SSSR count). The van der Waals surface area contributed by atoms with Crippen LogP contribution in [0.15, 0.2) is 0 Å². The molecule has 0 fully saturated rings. The molecule has 0 aliphatic heterocycles. The van der Waals surface area contributed by atoms with E-state index in [0.717, 1.165) is 0 Å². The third-order valence-corrected chi connectivity index (χ3v) is 0. The van der Waals surface area contributed by atoms with E-state index < -0.39 is 16.9 Å². The second kappa shape index (κ2) is 15.5. The summed E-state index contributed by atoms with van der Waals surface area (Å²) in [5.41, 5.74) is 0. The second-order valence-electron chi connectivity index (χ2n) is 1.11. The van der Waals surface area contributed by atoms with Crippen LogP contribution in [0.5, 0.6) is 0 Å². The Morgan fingerprint density at radius 3 is 1.00 bits per heavy atom. The first-order valence-electron chi connectivity index (χ1n) is 1.68. The largest absolute Gasteiger partial charge is 2.00 e. The van der Waals surface area contributed by atoms with Crippen LogP contribution in [-0.4, -0.2) is 103 Å². The summed E-state index contributed by atoms with van der Waals surface area (Å²) in [6.45, 7) is 0.